The van der Waals surface area contributed by atoms with E-state index in [9.17, 15) is 0 Å². The highest BCUT2D eigenvalue weighted by Crippen LogP contribution is 2.58. The fraction of sp³-hybridized carbons (Fsp3) is 0.133. The molecule has 1 saturated carbocycles. The quantitative estimate of drug-likeness (QED) is 0.155. The van der Waals surface area contributed by atoms with Gasteiger partial charge in [-0.05, 0) is 117 Å². The third-order valence-corrected chi connectivity index (χ3v) is 15.3. The highest BCUT2D eigenvalue weighted by atomic mass is 32.1. The van der Waals surface area contributed by atoms with Crippen molar-refractivity contribution in [1.29, 1.82) is 0 Å². The monoisotopic (exact) mass is 813 g/mol. The maximum Gasteiger partial charge on any atom is 0.0543 e. The van der Waals surface area contributed by atoms with Crippen molar-refractivity contribution >= 4 is 59.3 Å². The predicted molar refractivity (Wildman–Crippen MR) is 266 cm³/mol. The van der Waals surface area contributed by atoms with Crippen molar-refractivity contribution < 1.29 is 0 Å². The lowest BCUT2D eigenvalue weighted by molar-refractivity contribution is 0.445. The molecule has 298 valence electrons. The van der Waals surface area contributed by atoms with E-state index in [0.717, 1.165) is 5.69 Å². The van der Waals surface area contributed by atoms with Crippen molar-refractivity contribution in [2.24, 2.45) is 0 Å². The Balaban J connectivity index is 1.14. The van der Waals surface area contributed by atoms with Gasteiger partial charge in [-0.15, -0.1) is 11.3 Å². The molecule has 0 radical (unpaired) electrons. The summed E-state index contributed by atoms with van der Waals surface area (Å²) in [5, 5.41) is 5.37. The van der Waals surface area contributed by atoms with Crippen molar-refractivity contribution in [3.8, 4) is 33.4 Å². The van der Waals surface area contributed by atoms with Crippen LogP contribution in [0.5, 0.6) is 0 Å². The maximum absolute atomic E-state index is 2.58. The lowest BCUT2D eigenvalue weighted by Gasteiger charge is -2.32. The smallest absolute Gasteiger partial charge is 0.0543 e. The molecule has 0 aliphatic heterocycles. The Morgan fingerprint density at radius 2 is 1.13 bits per heavy atom. The Labute approximate surface area is 368 Å². The topological polar surface area (TPSA) is 3.24 Å². The second-order valence-corrected chi connectivity index (χ2v) is 18.6. The second-order valence-electron chi connectivity index (χ2n) is 17.5. The number of hydrogen-bond acceptors (Lipinski definition) is 2. The number of rotatable bonds is 7. The molecule has 1 nitrogen and oxygen atoms in total. The molecule has 1 fully saturated rings. The molecular weight excluding hydrogens is 767 g/mol. The molecule has 0 amide bonds. The van der Waals surface area contributed by atoms with Crippen LogP contribution in [-0.4, -0.2) is 0 Å². The van der Waals surface area contributed by atoms with Gasteiger partial charge in [0.05, 0.1) is 11.4 Å². The van der Waals surface area contributed by atoms with Crippen molar-refractivity contribution in [2.45, 2.75) is 50.4 Å². The zero-order valence-corrected chi connectivity index (χ0v) is 35.8. The normalized spacial score (nSPS) is 16.1. The molecule has 0 N–H and O–H groups in total. The standard InChI is InChI=1S/C60H47NS/c1-60(43-24-6-3-7-25-43)51-33-11-8-28-49(51)59-52(60)34-18-36-54(59)61(44-26-14-23-42(39-44)46-31-17-38-56-58(46)50-29-10-13-37-55(50)62-56)53-35-12-9-27-47(53)48-32-16-22-41-21-15-30-45(57(41)48)40-19-4-2-5-20-40/h3,6-18,21-40H,2,4-5,19-20H2,1H3. The third kappa shape index (κ3) is 5.81. The minimum Gasteiger partial charge on any atom is -0.309 e. The molecule has 12 rings (SSSR count). The fourth-order valence-corrected chi connectivity index (χ4v) is 12.4. The summed E-state index contributed by atoms with van der Waals surface area (Å²) in [5.74, 6) is 0.578. The first-order valence-electron chi connectivity index (χ1n) is 22.4. The molecule has 2 heteroatoms. The number of nitrogens with zero attached hydrogens (tertiary/aromatic N) is 1. The number of benzene rings is 9. The van der Waals surface area contributed by atoms with E-state index in [1.165, 1.54) is 130 Å². The molecular formula is C60H47NS. The van der Waals surface area contributed by atoms with Crippen LogP contribution in [-0.2, 0) is 5.41 Å². The van der Waals surface area contributed by atoms with Crippen LogP contribution in [0.15, 0.2) is 200 Å². The molecule has 1 unspecified atom stereocenters. The molecule has 0 bridgehead atoms. The van der Waals surface area contributed by atoms with Crippen LogP contribution in [0.25, 0.3) is 64.3 Å². The molecule has 62 heavy (non-hydrogen) atoms. The Bertz CT molecular complexity index is 3310. The van der Waals surface area contributed by atoms with Crippen LogP contribution in [0, 0.1) is 0 Å². The van der Waals surface area contributed by atoms with E-state index in [0.29, 0.717) is 5.92 Å². The summed E-state index contributed by atoms with van der Waals surface area (Å²) >= 11 is 1.88. The summed E-state index contributed by atoms with van der Waals surface area (Å²) < 4.78 is 2.64. The molecule has 9 aromatic carbocycles. The van der Waals surface area contributed by atoms with Crippen molar-refractivity contribution in [3.63, 3.8) is 0 Å². The highest BCUT2D eigenvalue weighted by molar-refractivity contribution is 7.25. The lowest BCUT2D eigenvalue weighted by atomic mass is 9.74. The highest BCUT2D eigenvalue weighted by Gasteiger charge is 2.42. The van der Waals surface area contributed by atoms with Crippen molar-refractivity contribution in [2.75, 3.05) is 4.90 Å². The Morgan fingerprint density at radius 3 is 2.02 bits per heavy atom. The molecule has 0 saturated heterocycles. The molecule has 0 spiro atoms. The lowest BCUT2D eigenvalue weighted by Crippen LogP contribution is -2.22. The molecule has 1 heterocycles. The average molecular weight is 814 g/mol. The van der Waals surface area contributed by atoms with Gasteiger partial charge in [-0.3, -0.25) is 0 Å². The number of hydrogen-bond donors (Lipinski definition) is 0. The van der Waals surface area contributed by atoms with Gasteiger partial charge in [-0.25, -0.2) is 0 Å². The van der Waals surface area contributed by atoms with E-state index >= 15 is 0 Å². The van der Waals surface area contributed by atoms with E-state index in [1.807, 2.05) is 11.3 Å². The number of anilines is 3. The molecule has 2 aliphatic rings. The largest absolute Gasteiger partial charge is 0.309 e. The molecule has 1 atom stereocenters. The minimum atomic E-state index is -0.323. The Kier molecular flexibility index (Phi) is 8.97. The molecule has 2 aliphatic carbocycles. The number of fused-ring (bicyclic) bond motifs is 7. The first kappa shape index (κ1) is 37.1. The predicted octanol–water partition coefficient (Wildman–Crippen LogP) is 17.4. The van der Waals surface area contributed by atoms with E-state index in [-0.39, 0.29) is 5.41 Å². The summed E-state index contributed by atoms with van der Waals surface area (Å²) in [7, 11) is 0. The van der Waals surface area contributed by atoms with E-state index in [4.69, 9.17) is 0 Å². The van der Waals surface area contributed by atoms with Gasteiger partial charge in [0.1, 0.15) is 0 Å². The average Bonchev–Trinajstić information content (AvgIpc) is 3.86. The first-order chi connectivity index (χ1) is 30.7. The van der Waals surface area contributed by atoms with Crippen molar-refractivity contribution in [1.82, 2.24) is 0 Å². The summed E-state index contributed by atoms with van der Waals surface area (Å²) in [6.07, 6.45) is 6.48. The first-order valence-corrected chi connectivity index (χ1v) is 23.2. The number of thiophene rings is 1. The second kappa shape index (κ2) is 15.0. The Morgan fingerprint density at radius 1 is 0.484 bits per heavy atom. The van der Waals surface area contributed by atoms with Gasteiger partial charge in [0, 0.05) is 42.4 Å². The zero-order chi connectivity index (χ0) is 41.2. The molecule has 10 aromatic rings. The SMILES string of the molecule is CC1(c2ccccc2)c2ccccc2-c2c(N(c3cccc(-c4cccc5sc6ccccc6c45)c3)c3ccccc3-c3cccc4cccc(C5CCCCC5)c34)cccc21. The van der Waals surface area contributed by atoms with Gasteiger partial charge in [-0.2, -0.15) is 0 Å². The van der Waals surface area contributed by atoms with Gasteiger partial charge < -0.3 is 4.90 Å². The van der Waals surface area contributed by atoms with Crippen LogP contribution in [0.2, 0.25) is 0 Å². The van der Waals surface area contributed by atoms with Gasteiger partial charge in [0.25, 0.3) is 0 Å². The maximum atomic E-state index is 2.58. The van der Waals surface area contributed by atoms with Crippen LogP contribution < -0.4 is 4.90 Å². The number of para-hydroxylation sites is 1. The van der Waals surface area contributed by atoms with E-state index < -0.39 is 0 Å². The summed E-state index contributed by atoms with van der Waals surface area (Å²) in [6, 6.07) is 75.4. The zero-order valence-electron chi connectivity index (χ0n) is 35.0. The van der Waals surface area contributed by atoms with Crippen LogP contribution in [0.4, 0.5) is 17.1 Å². The van der Waals surface area contributed by atoms with Gasteiger partial charge in [-0.1, -0.05) is 183 Å². The summed E-state index contributed by atoms with van der Waals surface area (Å²) in [6.45, 7) is 2.42. The van der Waals surface area contributed by atoms with E-state index in [1.54, 1.807) is 0 Å². The van der Waals surface area contributed by atoms with Crippen molar-refractivity contribution in [3.05, 3.63) is 222 Å². The van der Waals surface area contributed by atoms with Crippen LogP contribution in [0.1, 0.15) is 67.2 Å². The van der Waals surface area contributed by atoms with E-state index in [2.05, 4.69) is 212 Å². The summed E-state index contributed by atoms with van der Waals surface area (Å²) in [5.41, 5.74) is 16.3. The third-order valence-electron chi connectivity index (χ3n) is 14.1. The van der Waals surface area contributed by atoms with Gasteiger partial charge >= 0.3 is 0 Å². The van der Waals surface area contributed by atoms with Crippen LogP contribution in [0.3, 0.4) is 0 Å². The van der Waals surface area contributed by atoms with Gasteiger partial charge in [0.15, 0.2) is 0 Å². The summed E-state index contributed by atoms with van der Waals surface area (Å²) in [4.78, 5) is 2.58. The Hall–Kier alpha value is -6.74. The van der Waals surface area contributed by atoms with Gasteiger partial charge in [0.2, 0.25) is 0 Å². The molecule has 1 aromatic heterocycles. The fourth-order valence-electron chi connectivity index (χ4n) is 11.3. The minimum absolute atomic E-state index is 0.323. The van der Waals surface area contributed by atoms with Crippen LogP contribution >= 0.6 is 11.3 Å².